The van der Waals surface area contributed by atoms with Crippen molar-refractivity contribution in [2.75, 3.05) is 7.11 Å². The van der Waals surface area contributed by atoms with Crippen LogP contribution in [-0.2, 0) is 9.59 Å². The zero-order valence-electron chi connectivity index (χ0n) is 17.9. The number of carbonyl (C=O) groups is 2. The Kier molecular flexibility index (Phi) is 4.51. The highest BCUT2D eigenvalue weighted by Crippen LogP contribution is 2.52. The molecule has 0 spiro atoms. The van der Waals surface area contributed by atoms with Crippen LogP contribution in [-0.4, -0.2) is 39.6 Å². The van der Waals surface area contributed by atoms with Crippen molar-refractivity contribution in [1.29, 1.82) is 0 Å². The van der Waals surface area contributed by atoms with Gasteiger partial charge < -0.3 is 9.30 Å². The van der Waals surface area contributed by atoms with E-state index in [2.05, 4.69) is 5.10 Å². The van der Waals surface area contributed by atoms with Crippen molar-refractivity contribution in [2.45, 2.75) is 20.3 Å². The molecule has 5 rings (SSSR count). The van der Waals surface area contributed by atoms with E-state index in [9.17, 15) is 19.7 Å². The van der Waals surface area contributed by atoms with Crippen molar-refractivity contribution in [3.05, 3.63) is 63.5 Å². The number of imide groups is 1. The summed E-state index contributed by atoms with van der Waals surface area (Å²) < 4.78 is 7.24. The molecule has 2 bridgehead atoms. The van der Waals surface area contributed by atoms with E-state index in [0.717, 1.165) is 22.8 Å². The Morgan fingerprint density at radius 1 is 1.12 bits per heavy atom. The number of allylic oxidation sites excluding steroid dienone is 2. The fourth-order valence-electron chi connectivity index (χ4n) is 5.38. The molecule has 1 aromatic carbocycles. The summed E-state index contributed by atoms with van der Waals surface area (Å²) in [6.45, 7) is 3.71. The minimum atomic E-state index is -0.455. The summed E-state index contributed by atoms with van der Waals surface area (Å²) in [5.74, 6) is -0.306. The van der Waals surface area contributed by atoms with Crippen molar-refractivity contribution in [3.8, 4) is 11.4 Å². The smallest absolute Gasteiger partial charge is 0.271 e. The maximum absolute atomic E-state index is 12.8. The van der Waals surface area contributed by atoms with Crippen LogP contribution in [0.25, 0.3) is 5.69 Å². The van der Waals surface area contributed by atoms with E-state index in [1.54, 1.807) is 6.07 Å². The van der Waals surface area contributed by atoms with Gasteiger partial charge in [-0.25, -0.2) is 0 Å². The summed E-state index contributed by atoms with van der Waals surface area (Å²) in [5, 5.41) is 16.5. The maximum atomic E-state index is 12.8. The number of carbonyl (C=O) groups excluding carboxylic acids is 2. The van der Waals surface area contributed by atoms with Gasteiger partial charge in [-0.1, -0.05) is 12.2 Å². The Morgan fingerprint density at radius 2 is 1.78 bits per heavy atom. The number of amides is 2. The lowest BCUT2D eigenvalue weighted by Crippen LogP contribution is -2.28. The van der Waals surface area contributed by atoms with E-state index in [4.69, 9.17) is 4.74 Å². The second-order valence-electron chi connectivity index (χ2n) is 8.51. The van der Waals surface area contributed by atoms with Gasteiger partial charge in [0, 0.05) is 29.1 Å². The molecule has 3 aliphatic rings. The number of aromatic nitrogens is 1. The Balaban J connectivity index is 1.48. The van der Waals surface area contributed by atoms with Crippen molar-refractivity contribution in [2.24, 2.45) is 28.8 Å². The van der Waals surface area contributed by atoms with E-state index < -0.39 is 4.92 Å². The SMILES string of the molecule is COc1ccc([N+](=O)[O-])cc1-n1c(C)cc(C=NN2C(=O)C3C4C=CC(C4)C3C2=O)c1C. The number of ether oxygens (including phenoxy) is 1. The standard InChI is InChI=1S/C23H22N4O5/c1-12-8-16(13(2)25(12)18-10-17(27(30)31)6-7-19(18)32-3)11-24-26-22(28)20-14-4-5-15(9-14)21(20)23(26)29/h4-8,10-11,14-15,20-21H,9H2,1-3H3. The number of aryl methyl sites for hydroxylation is 1. The number of rotatable bonds is 5. The number of hydrazone groups is 1. The summed E-state index contributed by atoms with van der Waals surface area (Å²) in [4.78, 5) is 36.5. The number of non-ortho nitro benzene ring substituents is 1. The number of nitrogens with zero attached hydrogens (tertiary/aromatic N) is 4. The first kappa shape index (κ1) is 20.2. The highest BCUT2D eigenvalue weighted by Gasteiger charge is 2.59. The third kappa shape index (κ3) is 2.80. The Morgan fingerprint density at radius 3 is 2.38 bits per heavy atom. The van der Waals surface area contributed by atoms with Crippen LogP contribution in [0, 0.1) is 47.6 Å². The highest BCUT2D eigenvalue weighted by atomic mass is 16.6. The average Bonchev–Trinajstić information content (AvgIpc) is 3.50. The molecule has 2 aliphatic carbocycles. The number of hydrogen-bond donors (Lipinski definition) is 0. The quantitative estimate of drug-likeness (QED) is 0.236. The lowest BCUT2D eigenvalue weighted by Gasteiger charge is -2.14. The van der Waals surface area contributed by atoms with Crippen molar-refractivity contribution >= 4 is 23.7 Å². The third-order valence-electron chi connectivity index (χ3n) is 6.84. The Labute approximate surface area is 184 Å². The number of hydrogen-bond acceptors (Lipinski definition) is 6. The fraction of sp³-hybridized carbons (Fsp3) is 0.348. The van der Waals surface area contributed by atoms with Crippen molar-refractivity contribution < 1.29 is 19.2 Å². The van der Waals surface area contributed by atoms with Gasteiger partial charge >= 0.3 is 0 Å². The molecule has 2 fully saturated rings. The van der Waals surface area contributed by atoms with Crippen LogP contribution in [0.15, 0.2) is 41.5 Å². The van der Waals surface area contributed by atoms with Gasteiger partial charge in [0.05, 0.1) is 35.8 Å². The number of methoxy groups -OCH3 is 1. The van der Waals surface area contributed by atoms with Gasteiger partial charge in [-0.05, 0) is 44.2 Å². The topological polar surface area (TPSA) is 107 Å². The van der Waals surface area contributed by atoms with Crippen LogP contribution in [0.5, 0.6) is 5.75 Å². The lowest BCUT2D eigenvalue weighted by molar-refractivity contribution is -0.384. The maximum Gasteiger partial charge on any atom is 0.271 e. The monoisotopic (exact) mass is 434 g/mol. The molecule has 164 valence electrons. The molecule has 9 heteroatoms. The molecule has 1 saturated carbocycles. The molecule has 9 nitrogen and oxygen atoms in total. The highest BCUT2D eigenvalue weighted by molar-refractivity contribution is 6.06. The number of benzene rings is 1. The number of fused-ring (bicyclic) bond motifs is 5. The first-order chi connectivity index (χ1) is 15.3. The van der Waals surface area contributed by atoms with Crippen LogP contribution in [0.4, 0.5) is 5.69 Å². The van der Waals surface area contributed by atoms with E-state index in [1.807, 2.05) is 36.6 Å². The third-order valence-corrected chi connectivity index (χ3v) is 6.84. The molecule has 4 atom stereocenters. The Bertz CT molecular complexity index is 1200. The normalized spacial score (nSPS) is 25.9. The minimum Gasteiger partial charge on any atom is -0.495 e. The second kappa shape index (κ2) is 7.15. The number of nitro benzene ring substituents is 1. The van der Waals surface area contributed by atoms with E-state index in [0.29, 0.717) is 17.0 Å². The predicted octanol–water partition coefficient (Wildman–Crippen LogP) is 3.15. The summed E-state index contributed by atoms with van der Waals surface area (Å²) in [6.07, 6.45) is 6.47. The zero-order chi connectivity index (χ0) is 22.7. The molecule has 1 saturated heterocycles. The van der Waals surface area contributed by atoms with Crippen LogP contribution >= 0.6 is 0 Å². The molecule has 2 amide bonds. The first-order valence-corrected chi connectivity index (χ1v) is 10.4. The van der Waals surface area contributed by atoms with Gasteiger partial charge in [-0.15, -0.1) is 0 Å². The molecule has 0 radical (unpaired) electrons. The molecule has 2 heterocycles. The van der Waals surface area contributed by atoms with E-state index >= 15 is 0 Å². The summed E-state index contributed by atoms with van der Waals surface area (Å²) >= 11 is 0. The largest absolute Gasteiger partial charge is 0.495 e. The zero-order valence-corrected chi connectivity index (χ0v) is 17.9. The summed E-state index contributed by atoms with van der Waals surface area (Å²) in [5.41, 5.74) is 2.75. The molecule has 32 heavy (non-hydrogen) atoms. The predicted molar refractivity (Wildman–Crippen MR) is 116 cm³/mol. The average molecular weight is 434 g/mol. The van der Waals surface area contributed by atoms with Crippen LogP contribution in [0.3, 0.4) is 0 Å². The fourth-order valence-corrected chi connectivity index (χ4v) is 5.38. The minimum absolute atomic E-state index is 0.0495. The molecular formula is C23H22N4O5. The van der Waals surface area contributed by atoms with E-state index in [1.165, 1.54) is 25.5 Å². The van der Waals surface area contributed by atoms with E-state index in [-0.39, 0.29) is 41.2 Å². The van der Waals surface area contributed by atoms with Crippen molar-refractivity contribution in [1.82, 2.24) is 9.58 Å². The van der Waals surface area contributed by atoms with Gasteiger partial charge in [0.2, 0.25) is 0 Å². The van der Waals surface area contributed by atoms with Gasteiger partial charge in [0.15, 0.2) is 0 Å². The lowest BCUT2D eigenvalue weighted by atomic mass is 9.85. The van der Waals surface area contributed by atoms with Gasteiger partial charge in [0.1, 0.15) is 5.75 Å². The molecular weight excluding hydrogens is 412 g/mol. The molecule has 2 aromatic rings. The van der Waals surface area contributed by atoms with Crippen LogP contribution < -0.4 is 4.74 Å². The molecule has 1 aromatic heterocycles. The van der Waals surface area contributed by atoms with Crippen molar-refractivity contribution in [3.63, 3.8) is 0 Å². The number of nitro groups is 1. The first-order valence-electron chi connectivity index (χ1n) is 10.4. The molecule has 4 unspecified atom stereocenters. The van der Waals surface area contributed by atoms with Gasteiger partial charge in [0.25, 0.3) is 17.5 Å². The van der Waals surface area contributed by atoms with Gasteiger partial charge in [-0.3, -0.25) is 19.7 Å². The molecule has 1 aliphatic heterocycles. The second-order valence-corrected chi connectivity index (χ2v) is 8.51. The Hall–Kier alpha value is -3.75. The van der Waals surface area contributed by atoms with Crippen LogP contribution in [0.1, 0.15) is 23.4 Å². The summed E-state index contributed by atoms with van der Waals surface area (Å²) in [7, 11) is 1.50. The summed E-state index contributed by atoms with van der Waals surface area (Å²) in [6, 6.07) is 6.26. The van der Waals surface area contributed by atoms with Gasteiger partial charge in [-0.2, -0.15) is 10.1 Å². The molecule has 0 N–H and O–H groups in total. The van der Waals surface area contributed by atoms with Crippen LogP contribution in [0.2, 0.25) is 0 Å².